The van der Waals surface area contributed by atoms with Crippen molar-refractivity contribution in [2.75, 3.05) is 29.9 Å². The lowest BCUT2D eigenvalue weighted by atomic mass is 9.99. The van der Waals surface area contributed by atoms with Crippen molar-refractivity contribution in [3.05, 3.63) is 59.9 Å². The molecule has 1 amide bonds. The predicted molar refractivity (Wildman–Crippen MR) is 102 cm³/mol. The van der Waals surface area contributed by atoms with Crippen molar-refractivity contribution in [2.24, 2.45) is 5.92 Å². The molecule has 2 aromatic rings. The van der Waals surface area contributed by atoms with Gasteiger partial charge in [-0.2, -0.15) is 0 Å². The van der Waals surface area contributed by atoms with E-state index in [1.54, 1.807) is 0 Å². The minimum absolute atomic E-state index is 0.0722. The Morgan fingerprint density at radius 3 is 2.52 bits per heavy atom. The van der Waals surface area contributed by atoms with Crippen molar-refractivity contribution in [1.82, 2.24) is 0 Å². The van der Waals surface area contributed by atoms with E-state index in [1.807, 2.05) is 24.3 Å². The lowest BCUT2D eigenvalue weighted by Gasteiger charge is -2.32. The molecule has 0 radical (unpaired) electrons. The van der Waals surface area contributed by atoms with Gasteiger partial charge in [-0.1, -0.05) is 13.0 Å². The van der Waals surface area contributed by atoms with Crippen LogP contribution in [-0.4, -0.2) is 31.6 Å². The van der Waals surface area contributed by atoms with Crippen molar-refractivity contribution < 1.29 is 18.7 Å². The first-order chi connectivity index (χ1) is 13.0. The molecule has 0 aliphatic carbocycles. The molecule has 1 aliphatic rings. The Kier molecular flexibility index (Phi) is 6.06. The quantitative estimate of drug-likeness (QED) is 0.812. The number of nitrogens with zero attached hydrogens (tertiary/aromatic N) is 1. The van der Waals surface area contributed by atoms with Crippen molar-refractivity contribution in [2.45, 2.75) is 19.8 Å². The largest absolute Gasteiger partial charge is 0.452 e. The third-order valence-corrected chi connectivity index (χ3v) is 4.69. The molecule has 6 heteroatoms. The van der Waals surface area contributed by atoms with Crippen molar-refractivity contribution >= 4 is 23.3 Å². The summed E-state index contributed by atoms with van der Waals surface area (Å²) in [6, 6.07) is 12.8. The molecule has 2 aromatic carbocycles. The smallest absolute Gasteiger partial charge is 0.338 e. The Labute approximate surface area is 158 Å². The second kappa shape index (κ2) is 8.66. The van der Waals surface area contributed by atoms with Gasteiger partial charge in [0.2, 0.25) is 0 Å². The highest BCUT2D eigenvalue weighted by atomic mass is 19.1. The molecular formula is C21H23FN2O3. The van der Waals surface area contributed by atoms with Gasteiger partial charge in [-0.25, -0.2) is 9.18 Å². The fourth-order valence-corrected chi connectivity index (χ4v) is 3.05. The Bertz CT molecular complexity index is 799. The van der Waals surface area contributed by atoms with Gasteiger partial charge < -0.3 is 15.0 Å². The molecule has 1 fully saturated rings. The third kappa shape index (κ3) is 5.29. The van der Waals surface area contributed by atoms with Crippen LogP contribution in [-0.2, 0) is 9.53 Å². The minimum Gasteiger partial charge on any atom is -0.452 e. The molecular weight excluding hydrogens is 347 g/mol. The molecule has 142 valence electrons. The Morgan fingerprint density at radius 1 is 1.15 bits per heavy atom. The molecule has 5 nitrogen and oxygen atoms in total. The summed E-state index contributed by atoms with van der Waals surface area (Å²) in [7, 11) is 0. The number of carbonyl (C=O) groups is 2. The average molecular weight is 370 g/mol. The molecule has 1 aliphatic heterocycles. The van der Waals surface area contributed by atoms with Crippen LogP contribution in [0.2, 0.25) is 0 Å². The topological polar surface area (TPSA) is 58.6 Å². The highest BCUT2D eigenvalue weighted by molar-refractivity contribution is 5.95. The number of halogens is 1. The summed E-state index contributed by atoms with van der Waals surface area (Å²) in [6.07, 6.45) is 2.38. The van der Waals surface area contributed by atoms with E-state index < -0.39 is 24.3 Å². The van der Waals surface area contributed by atoms with Gasteiger partial charge in [0.1, 0.15) is 5.82 Å². The van der Waals surface area contributed by atoms with E-state index in [0.29, 0.717) is 5.69 Å². The zero-order chi connectivity index (χ0) is 19.2. The second-order valence-corrected chi connectivity index (χ2v) is 6.85. The van der Waals surface area contributed by atoms with Crippen molar-refractivity contribution in [1.29, 1.82) is 0 Å². The van der Waals surface area contributed by atoms with Crippen LogP contribution in [0.1, 0.15) is 30.1 Å². The minimum atomic E-state index is -0.737. The van der Waals surface area contributed by atoms with Crippen LogP contribution in [0.25, 0.3) is 0 Å². The fraction of sp³-hybridized carbons (Fsp3) is 0.333. The molecule has 0 unspecified atom stereocenters. The Balaban J connectivity index is 1.48. The van der Waals surface area contributed by atoms with Gasteiger partial charge in [-0.3, -0.25) is 4.79 Å². The van der Waals surface area contributed by atoms with Crippen LogP contribution in [0.5, 0.6) is 0 Å². The molecule has 0 bridgehead atoms. The molecule has 3 rings (SSSR count). The fourth-order valence-electron chi connectivity index (χ4n) is 3.05. The van der Waals surface area contributed by atoms with Crippen LogP contribution in [0.3, 0.4) is 0 Å². The van der Waals surface area contributed by atoms with Crippen LogP contribution in [0.15, 0.2) is 48.5 Å². The standard InChI is InChI=1S/C21H23FN2O3/c1-15-9-11-24(12-10-15)19-7-5-18(6-8-19)23-20(25)14-27-21(26)16-3-2-4-17(22)13-16/h2-8,13,15H,9-12,14H2,1H3,(H,23,25). The number of hydrogen-bond donors (Lipinski definition) is 1. The molecule has 1 heterocycles. The highest BCUT2D eigenvalue weighted by Gasteiger charge is 2.16. The molecule has 0 atom stereocenters. The number of rotatable bonds is 5. The zero-order valence-electron chi connectivity index (χ0n) is 15.3. The van der Waals surface area contributed by atoms with Crippen LogP contribution in [0.4, 0.5) is 15.8 Å². The van der Waals surface area contributed by atoms with Gasteiger partial charge in [-0.05, 0) is 61.2 Å². The zero-order valence-corrected chi connectivity index (χ0v) is 15.3. The summed E-state index contributed by atoms with van der Waals surface area (Å²) in [5.41, 5.74) is 1.84. The molecule has 0 saturated carbocycles. The third-order valence-electron chi connectivity index (χ3n) is 4.69. The van der Waals surface area contributed by atoms with Crippen LogP contribution >= 0.6 is 0 Å². The van der Waals surface area contributed by atoms with Crippen molar-refractivity contribution in [3.63, 3.8) is 0 Å². The molecule has 1 saturated heterocycles. The number of piperidine rings is 1. The van der Waals surface area contributed by atoms with Crippen LogP contribution < -0.4 is 10.2 Å². The number of anilines is 2. The van der Waals surface area contributed by atoms with E-state index in [-0.39, 0.29) is 5.56 Å². The van der Waals surface area contributed by atoms with E-state index in [9.17, 15) is 14.0 Å². The van der Waals surface area contributed by atoms with E-state index in [0.717, 1.165) is 30.8 Å². The maximum absolute atomic E-state index is 13.1. The van der Waals surface area contributed by atoms with Gasteiger partial charge in [0.25, 0.3) is 5.91 Å². The maximum atomic E-state index is 13.1. The van der Waals surface area contributed by atoms with Gasteiger partial charge in [0, 0.05) is 24.5 Å². The maximum Gasteiger partial charge on any atom is 0.338 e. The summed E-state index contributed by atoms with van der Waals surface area (Å²) in [4.78, 5) is 26.1. The first kappa shape index (κ1) is 18.9. The number of hydrogen-bond acceptors (Lipinski definition) is 4. The summed E-state index contributed by atoms with van der Waals surface area (Å²) >= 11 is 0. The average Bonchev–Trinajstić information content (AvgIpc) is 2.67. The number of esters is 1. The highest BCUT2D eigenvalue weighted by Crippen LogP contribution is 2.24. The number of amides is 1. The van der Waals surface area contributed by atoms with E-state index >= 15 is 0 Å². The number of carbonyl (C=O) groups excluding carboxylic acids is 2. The summed E-state index contributed by atoms with van der Waals surface area (Å²) in [5.74, 6) is -0.939. The first-order valence-electron chi connectivity index (χ1n) is 9.09. The lowest BCUT2D eigenvalue weighted by Crippen LogP contribution is -2.32. The number of ether oxygens (including phenoxy) is 1. The molecule has 0 aromatic heterocycles. The van der Waals surface area contributed by atoms with E-state index in [1.165, 1.54) is 31.0 Å². The predicted octanol–water partition coefficient (Wildman–Crippen LogP) is 3.86. The summed E-state index contributed by atoms with van der Waals surface area (Å²) < 4.78 is 18.0. The summed E-state index contributed by atoms with van der Waals surface area (Å²) in [5, 5.41) is 2.69. The summed E-state index contributed by atoms with van der Waals surface area (Å²) in [6.45, 7) is 3.93. The van der Waals surface area contributed by atoms with Gasteiger partial charge in [0.15, 0.2) is 6.61 Å². The van der Waals surface area contributed by atoms with Gasteiger partial charge in [0.05, 0.1) is 5.56 Å². The van der Waals surface area contributed by atoms with Crippen molar-refractivity contribution in [3.8, 4) is 0 Å². The Hall–Kier alpha value is -2.89. The molecule has 1 N–H and O–H groups in total. The monoisotopic (exact) mass is 370 g/mol. The first-order valence-corrected chi connectivity index (χ1v) is 9.09. The normalized spacial score (nSPS) is 14.7. The number of nitrogens with one attached hydrogen (secondary N) is 1. The van der Waals surface area contributed by atoms with E-state index in [4.69, 9.17) is 4.74 Å². The lowest BCUT2D eigenvalue weighted by molar-refractivity contribution is -0.119. The van der Waals surface area contributed by atoms with E-state index in [2.05, 4.69) is 17.1 Å². The Morgan fingerprint density at radius 2 is 1.85 bits per heavy atom. The van der Waals surface area contributed by atoms with Gasteiger partial charge >= 0.3 is 5.97 Å². The number of benzene rings is 2. The SMILES string of the molecule is CC1CCN(c2ccc(NC(=O)COC(=O)c3cccc(F)c3)cc2)CC1. The second-order valence-electron chi connectivity index (χ2n) is 6.85. The van der Waals surface area contributed by atoms with Crippen LogP contribution in [0, 0.1) is 11.7 Å². The molecule has 27 heavy (non-hydrogen) atoms. The molecule has 0 spiro atoms. The van der Waals surface area contributed by atoms with Gasteiger partial charge in [-0.15, -0.1) is 0 Å².